The molecule has 0 saturated carbocycles. The molecule has 0 spiro atoms. The monoisotopic (exact) mass is 474 g/mol. The van der Waals surface area contributed by atoms with E-state index < -0.39 is 0 Å². The fourth-order valence-corrected chi connectivity index (χ4v) is 4.25. The summed E-state index contributed by atoms with van der Waals surface area (Å²) in [5.74, 6) is 1.37. The lowest BCUT2D eigenvalue weighted by Gasteiger charge is -2.34. The fourth-order valence-electron chi connectivity index (χ4n) is 4.25. The summed E-state index contributed by atoms with van der Waals surface area (Å²) in [6.45, 7) is 3.28. The number of methoxy groups -OCH3 is 1. The number of β-amino-alcohol motifs (C(OH)–C–C–N with tert-alkyl or cyclic N) is 1. The largest absolute Gasteiger partial charge is 0.496 e. The van der Waals surface area contributed by atoms with Gasteiger partial charge in [0, 0.05) is 44.5 Å². The van der Waals surface area contributed by atoms with Gasteiger partial charge in [0.2, 0.25) is 0 Å². The molecule has 5 rings (SSSR count). The second-order valence-corrected chi connectivity index (χ2v) is 8.10. The third-order valence-electron chi connectivity index (χ3n) is 6.05. The number of carbonyl (C=O) groups excluding carboxylic acids is 1. The fraction of sp³-hybridized carbons (Fsp3) is 0.280. The van der Waals surface area contributed by atoms with Gasteiger partial charge in [0.25, 0.3) is 11.9 Å². The number of carbonyl (C=O) groups is 1. The Morgan fingerprint density at radius 2 is 1.94 bits per heavy atom. The van der Waals surface area contributed by atoms with Crippen LogP contribution in [0.2, 0.25) is 0 Å². The van der Waals surface area contributed by atoms with E-state index >= 15 is 0 Å². The van der Waals surface area contributed by atoms with Crippen molar-refractivity contribution in [1.82, 2.24) is 29.5 Å². The second-order valence-electron chi connectivity index (χ2n) is 8.10. The molecule has 4 aromatic rings. The number of rotatable bonds is 7. The molecule has 0 radical (unpaired) electrons. The molecule has 0 aliphatic carbocycles. The lowest BCUT2D eigenvalue weighted by Crippen LogP contribution is -2.49. The highest BCUT2D eigenvalue weighted by Gasteiger charge is 2.28. The number of hydrogen-bond acceptors (Lipinski definition) is 8. The number of aliphatic hydroxyl groups is 1. The van der Waals surface area contributed by atoms with Gasteiger partial charge in [-0.2, -0.15) is 9.78 Å². The molecule has 180 valence electrons. The number of aromatic nitrogens is 4. The van der Waals surface area contributed by atoms with Crippen molar-refractivity contribution in [3.8, 4) is 34.4 Å². The zero-order valence-corrected chi connectivity index (χ0v) is 19.4. The van der Waals surface area contributed by atoms with Gasteiger partial charge in [0.05, 0.1) is 37.4 Å². The maximum absolute atomic E-state index is 13.5. The standard InChI is InChI=1S/C25H26N6O4/c1-34-21-6-3-2-5-18(21)20-8-9-26-25(28-20)31-23(22-7-4-16-35-22)19(17-27-31)24(33)30-12-10-29(11-13-30)14-15-32/h2-9,16-17,32H,10-15H2,1H3. The second kappa shape index (κ2) is 10.1. The molecule has 10 nitrogen and oxygen atoms in total. The molecule has 0 atom stereocenters. The summed E-state index contributed by atoms with van der Waals surface area (Å²) in [4.78, 5) is 26.6. The van der Waals surface area contributed by atoms with E-state index in [1.165, 1.54) is 4.68 Å². The molecule has 1 aromatic carbocycles. The number of furan rings is 1. The number of nitrogens with zero attached hydrogens (tertiary/aromatic N) is 6. The van der Waals surface area contributed by atoms with Gasteiger partial charge < -0.3 is 19.2 Å². The van der Waals surface area contributed by atoms with Crippen molar-refractivity contribution in [3.05, 3.63) is 66.7 Å². The van der Waals surface area contributed by atoms with Crippen LogP contribution >= 0.6 is 0 Å². The lowest BCUT2D eigenvalue weighted by atomic mass is 10.1. The normalized spacial score (nSPS) is 14.3. The van der Waals surface area contributed by atoms with Crippen LogP contribution in [0.15, 0.2) is 65.5 Å². The number of amides is 1. The highest BCUT2D eigenvalue weighted by Crippen LogP contribution is 2.30. The van der Waals surface area contributed by atoms with Crippen molar-refractivity contribution >= 4 is 5.91 Å². The Morgan fingerprint density at radius 3 is 2.69 bits per heavy atom. The first-order valence-electron chi connectivity index (χ1n) is 11.4. The first kappa shape index (κ1) is 22.8. The van der Waals surface area contributed by atoms with Crippen molar-refractivity contribution in [2.45, 2.75) is 0 Å². The molecule has 1 aliphatic heterocycles. The zero-order valence-electron chi connectivity index (χ0n) is 19.4. The Morgan fingerprint density at radius 1 is 1.11 bits per heavy atom. The van der Waals surface area contributed by atoms with Crippen molar-refractivity contribution in [1.29, 1.82) is 0 Å². The minimum atomic E-state index is -0.132. The van der Waals surface area contributed by atoms with Crippen molar-refractivity contribution < 1.29 is 19.1 Å². The zero-order chi connectivity index (χ0) is 24.2. The van der Waals surface area contributed by atoms with E-state index in [9.17, 15) is 9.90 Å². The number of para-hydroxylation sites is 1. The Balaban J connectivity index is 1.51. The van der Waals surface area contributed by atoms with Crippen LogP contribution in [-0.4, -0.2) is 87.0 Å². The van der Waals surface area contributed by atoms with Gasteiger partial charge in [-0.1, -0.05) is 12.1 Å². The Bertz CT molecular complexity index is 1300. The summed E-state index contributed by atoms with van der Waals surface area (Å²) in [6.07, 6.45) is 4.75. The van der Waals surface area contributed by atoms with Crippen LogP contribution in [0.4, 0.5) is 0 Å². The average molecular weight is 475 g/mol. The smallest absolute Gasteiger partial charge is 0.257 e. The predicted molar refractivity (Wildman–Crippen MR) is 128 cm³/mol. The third kappa shape index (κ3) is 4.53. The summed E-state index contributed by atoms with van der Waals surface area (Å²) >= 11 is 0. The van der Waals surface area contributed by atoms with Crippen LogP contribution in [0.25, 0.3) is 28.7 Å². The van der Waals surface area contributed by atoms with Crippen LogP contribution in [0.3, 0.4) is 0 Å². The lowest BCUT2D eigenvalue weighted by molar-refractivity contribution is 0.0615. The van der Waals surface area contributed by atoms with Gasteiger partial charge in [-0.15, -0.1) is 0 Å². The molecule has 1 amide bonds. The van der Waals surface area contributed by atoms with Crippen molar-refractivity contribution in [3.63, 3.8) is 0 Å². The van der Waals surface area contributed by atoms with Crippen LogP contribution in [0.5, 0.6) is 5.75 Å². The maximum atomic E-state index is 13.5. The van der Waals surface area contributed by atoms with Crippen molar-refractivity contribution in [2.75, 3.05) is 46.4 Å². The summed E-state index contributed by atoms with van der Waals surface area (Å²) in [6, 6.07) is 13.0. The Hall–Kier alpha value is -4.02. The number of piperazine rings is 1. The quantitative estimate of drug-likeness (QED) is 0.435. The topological polar surface area (TPSA) is 110 Å². The van der Waals surface area contributed by atoms with E-state index in [0.29, 0.717) is 67.1 Å². The van der Waals surface area contributed by atoms with Crippen LogP contribution in [0, 0.1) is 0 Å². The third-order valence-corrected chi connectivity index (χ3v) is 6.05. The first-order valence-corrected chi connectivity index (χ1v) is 11.4. The summed E-state index contributed by atoms with van der Waals surface area (Å²) in [5.41, 5.74) is 2.40. The van der Waals surface area contributed by atoms with E-state index in [-0.39, 0.29) is 12.5 Å². The molecule has 1 fully saturated rings. The SMILES string of the molecule is COc1ccccc1-c1ccnc(-n2ncc(C(=O)N3CCN(CCO)CC3)c2-c2ccco2)n1. The van der Waals surface area contributed by atoms with E-state index in [0.717, 1.165) is 5.56 Å². The van der Waals surface area contributed by atoms with Gasteiger partial charge in [-0.05, 0) is 30.3 Å². The number of aliphatic hydroxyl groups excluding tert-OH is 1. The van der Waals surface area contributed by atoms with E-state index in [1.54, 1.807) is 48.9 Å². The first-order chi connectivity index (χ1) is 17.2. The molecule has 0 unspecified atom stereocenters. The van der Waals surface area contributed by atoms with E-state index in [4.69, 9.17) is 14.1 Å². The maximum Gasteiger partial charge on any atom is 0.257 e. The molecule has 35 heavy (non-hydrogen) atoms. The van der Waals surface area contributed by atoms with E-state index in [2.05, 4.69) is 15.0 Å². The van der Waals surface area contributed by atoms with E-state index in [1.807, 2.05) is 24.3 Å². The van der Waals surface area contributed by atoms with Gasteiger partial charge in [-0.3, -0.25) is 9.69 Å². The molecule has 3 aromatic heterocycles. The Kier molecular flexibility index (Phi) is 6.55. The molecule has 1 N–H and O–H groups in total. The van der Waals surface area contributed by atoms with Gasteiger partial charge in [0.15, 0.2) is 5.76 Å². The summed E-state index contributed by atoms with van der Waals surface area (Å²) in [7, 11) is 1.62. The molecular formula is C25H26N6O4. The van der Waals surface area contributed by atoms with Crippen molar-refractivity contribution in [2.24, 2.45) is 0 Å². The van der Waals surface area contributed by atoms with Gasteiger partial charge in [0.1, 0.15) is 11.4 Å². The summed E-state index contributed by atoms with van der Waals surface area (Å²) < 4.78 is 12.7. The molecule has 0 bridgehead atoms. The highest BCUT2D eigenvalue weighted by atomic mass is 16.5. The molecule has 1 aliphatic rings. The molecule has 10 heteroatoms. The number of ether oxygens (including phenoxy) is 1. The minimum absolute atomic E-state index is 0.108. The molecule has 1 saturated heterocycles. The Labute approximate surface area is 202 Å². The average Bonchev–Trinajstić information content (AvgIpc) is 3.59. The molecular weight excluding hydrogens is 448 g/mol. The number of hydrogen-bond donors (Lipinski definition) is 1. The van der Waals surface area contributed by atoms with Crippen LogP contribution in [-0.2, 0) is 0 Å². The van der Waals surface area contributed by atoms with Gasteiger partial charge in [-0.25, -0.2) is 9.97 Å². The van der Waals surface area contributed by atoms with Crippen LogP contribution < -0.4 is 4.74 Å². The van der Waals surface area contributed by atoms with Crippen LogP contribution in [0.1, 0.15) is 10.4 Å². The predicted octanol–water partition coefficient (Wildman–Crippen LogP) is 2.35. The molecule has 4 heterocycles. The summed E-state index contributed by atoms with van der Waals surface area (Å²) in [5, 5.41) is 13.7. The van der Waals surface area contributed by atoms with Gasteiger partial charge >= 0.3 is 0 Å². The number of benzene rings is 1. The minimum Gasteiger partial charge on any atom is -0.496 e. The highest BCUT2D eigenvalue weighted by molar-refractivity contribution is 5.99.